The van der Waals surface area contributed by atoms with E-state index < -0.39 is 0 Å². The van der Waals surface area contributed by atoms with Crippen LogP contribution >= 0.6 is 0 Å². The molecule has 0 fully saturated rings. The fourth-order valence-corrected chi connectivity index (χ4v) is 3.53. The van der Waals surface area contributed by atoms with Gasteiger partial charge in [-0.2, -0.15) is 5.10 Å². The summed E-state index contributed by atoms with van der Waals surface area (Å²) in [5.74, 6) is 1.13. The Labute approximate surface area is 182 Å². The van der Waals surface area contributed by atoms with Crippen LogP contribution in [0, 0.1) is 0 Å². The molecule has 8 heteroatoms. The standard InChI is InChI=1S/C23H28N4O4/c1-5-24-23(29)26(2)15-22(28)27-20(18-11-6-7-12-21(18)31-4)14-19(25-27)16-9-8-10-17(13-16)30-3/h6-13,20H,5,14-15H2,1-4H3,(H,24,29). The third-order valence-electron chi connectivity index (χ3n) is 5.11. The number of hydrogen-bond acceptors (Lipinski definition) is 5. The number of carbonyl (C=O) groups excluding carboxylic acids is 2. The lowest BCUT2D eigenvalue weighted by Gasteiger charge is -2.25. The highest BCUT2D eigenvalue weighted by Gasteiger charge is 2.35. The number of nitrogens with one attached hydrogen (secondary N) is 1. The van der Waals surface area contributed by atoms with Crippen LogP contribution in [0.15, 0.2) is 53.6 Å². The average molecular weight is 425 g/mol. The summed E-state index contributed by atoms with van der Waals surface area (Å²) < 4.78 is 10.9. The Kier molecular flexibility index (Phi) is 7.12. The fraction of sp³-hybridized carbons (Fsp3) is 0.348. The van der Waals surface area contributed by atoms with E-state index in [0.29, 0.717) is 18.7 Å². The Bertz CT molecular complexity index is 976. The van der Waals surface area contributed by atoms with Crippen LogP contribution in [0.5, 0.6) is 11.5 Å². The molecule has 0 spiro atoms. The van der Waals surface area contributed by atoms with Gasteiger partial charge in [0.1, 0.15) is 18.0 Å². The molecule has 1 aliphatic heterocycles. The first kappa shape index (κ1) is 22.1. The van der Waals surface area contributed by atoms with Crippen molar-refractivity contribution in [1.29, 1.82) is 0 Å². The third-order valence-corrected chi connectivity index (χ3v) is 5.11. The van der Waals surface area contributed by atoms with Gasteiger partial charge in [-0.25, -0.2) is 9.80 Å². The smallest absolute Gasteiger partial charge is 0.317 e. The molecule has 1 aliphatic rings. The van der Waals surface area contributed by atoms with Crippen LogP contribution in [-0.2, 0) is 4.79 Å². The number of benzene rings is 2. The van der Waals surface area contributed by atoms with Gasteiger partial charge < -0.3 is 19.7 Å². The van der Waals surface area contributed by atoms with Crippen LogP contribution in [0.3, 0.4) is 0 Å². The van der Waals surface area contributed by atoms with Gasteiger partial charge in [-0.15, -0.1) is 0 Å². The van der Waals surface area contributed by atoms with Crippen LogP contribution in [0.25, 0.3) is 0 Å². The van der Waals surface area contributed by atoms with Crippen molar-refractivity contribution in [2.45, 2.75) is 19.4 Å². The minimum atomic E-state index is -0.340. The van der Waals surface area contributed by atoms with E-state index in [1.165, 1.54) is 9.91 Å². The van der Waals surface area contributed by atoms with Crippen molar-refractivity contribution in [3.63, 3.8) is 0 Å². The molecule has 2 aromatic rings. The number of hydrazone groups is 1. The molecule has 0 radical (unpaired) electrons. The summed E-state index contributed by atoms with van der Waals surface area (Å²) in [6, 6.07) is 14.5. The monoisotopic (exact) mass is 424 g/mol. The summed E-state index contributed by atoms with van der Waals surface area (Å²) in [5, 5.41) is 8.81. The van der Waals surface area contributed by atoms with Crippen molar-refractivity contribution in [3.8, 4) is 11.5 Å². The number of nitrogens with zero attached hydrogens (tertiary/aromatic N) is 3. The van der Waals surface area contributed by atoms with Crippen molar-refractivity contribution in [1.82, 2.24) is 15.2 Å². The quantitative estimate of drug-likeness (QED) is 0.741. The molecule has 0 saturated heterocycles. The summed E-state index contributed by atoms with van der Waals surface area (Å²) in [6.45, 7) is 2.23. The molecule has 8 nitrogen and oxygen atoms in total. The van der Waals surface area contributed by atoms with E-state index in [-0.39, 0.29) is 24.5 Å². The minimum absolute atomic E-state index is 0.0909. The largest absolute Gasteiger partial charge is 0.497 e. The maximum Gasteiger partial charge on any atom is 0.317 e. The number of ether oxygens (including phenoxy) is 2. The second kappa shape index (κ2) is 9.97. The highest BCUT2D eigenvalue weighted by Crippen LogP contribution is 2.37. The predicted molar refractivity (Wildman–Crippen MR) is 118 cm³/mol. The number of methoxy groups -OCH3 is 2. The summed E-state index contributed by atoms with van der Waals surface area (Å²) in [5.41, 5.74) is 2.51. The zero-order chi connectivity index (χ0) is 22.4. The van der Waals surface area contributed by atoms with Crippen molar-refractivity contribution in [2.24, 2.45) is 5.10 Å². The average Bonchev–Trinajstić information content (AvgIpc) is 3.24. The van der Waals surface area contributed by atoms with E-state index in [9.17, 15) is 9.59 Å². The van der Waals surface area contributed by atoms with Crippen molar-refractivity contribution in [2.75, 3.05) is 34.4 Å². The highest BCUT2D eigenvalue weighted by atomic mass is 16.5. The maximum absolute atomic E-state index is 13.2. The number of urea groups is 1. The van der Waals surface area contributed by atoms with Gasteiger partial charge in [0.25, 0.3) is 5.91 Å². The van der Waals surface area contributed by atoms with E-state index >= 15 is 0 Å². The molecule has 3 amide bonds. The first-order valence-corrected chi connectivity index (χ1v) is 10.1. The van der Waals surface area contributed by atoms with Gasteiger partial charge in [-0.1, -0.05) is 30.3 Å². The van der Waals surface area contributed by atoms with Crippen molar-refractivity contribution in [3.05, 3.63) is 59.7 Å². The Morgan fingerprint density at radius 1 is 1.16 bits per heavy atom. The second-order valence-electron chi connectivity index (χ2n) is 7.17. The first-order chi connectivity index (χ1) is 15.0. The molecule has 0 saturated carbocycles. The molecule has 0 aromatic heterocycles. The van der Waals surface area contributed by atoms with Crippen LogP contribution < -0.4 is 14.8 Å². The number of para-hydroxylation sites is 1. The third kappa shape index (κ3) is 4.96. The van der Waals surface area contributed by atoms with Crippen molar-refractivity contribution < 1.29 is 19.1 Å². The predicted octanol–water partition coefficient (Wildman–Crippen LogP) is 3.04. The first-order valence-electron chi connectivity index (χ1n) is 10.1. The Morgan fingerprint density at radius 3 is 2.65 bits per heavy atom. The topological polar surface area (TPSA) is 83.5 Å². The molecule has 3 rings (SSSR count). The zero-order valence-corrected chi connectivity index (χ0v) is 18.3. The lowest BCUT2D eigenvalue weighted by molar-refractivity contribution is -0.133. The van der Waals surface area contributed by atoms with Gasteiger partial charge in [0.15, 0.2) is 0 Å². The molecule has 1 heterocycles. The van der Waals surface area contributed by atoms with Gasteiger partial charge in [-0.05, 0) is 25.1 Å². The Balaban J connectivity index is 1.94. The van der Waals surface area contributed by atoms with E-state index in [1.807, 2.05) is 55.5 Å². The van der Waals surface area contributed by atoms with E-state index in [4.69, 9.17) is 9.47 Å². The molecule has 0 aliphatic carbocycles. The summed E-state index contributed by atoms with van der Waals surface area (Å²) in [4.78, 5) is 26.6. The van der Waals surface area contributed by atoms with Gasteiger partial charge in [0, 0.05) is 31.1 Å². The molecule has 31 heavy (non-hydrogen) atoms. The second-order valence-corrected chi connectivity index (χ2v) is 7.17. The number of hydrogen-bond donors (Lipinski definition) is 1. The number of rotatable bonds is 7. The van der Waals surface area contributed by atoms with Crippen LogP contribution in [0.4, 0.5) is 4.79 Å². The molecular weight excluding hydrogens is 396 g/mol. The number of likely N-dealkylation sites (N-methyl/N-ethyl adjacent to an activating group) is 1. The Hall–Kier alpha value is -3.55. The molecule has 0 bridgehead atoms. The normalized spacial score (nSPS) is 15.3. The minimum Gasteiger partial charge on any atom is -0.497 e. The van der Waals surface area contributed by atoms with Crippen LogP contribution in [-0.4, -0.2) is 61.9 Å². The summed E-state index contributed by atoms with van der Waals surface area (Å²) in [6.07, 6.45) is 0.518. The summed E-state index contributed by atoms with van der Waals surface area (Å²) >= 11 is 0. The summed E-state index contributed by atoms with van der Waals surface area (Å²) in [7, 11) is 4.80. The fourth-order valence-electron chi connectivity index (χ4n) is 3.53. The molecule has 1 N–H and O–H groups in total. The SMILES string of the molecule is CCNC(=O)N(C)CC(=O)N1N=C(c2cccc(OC)c2)CC1c1ccccc1OC. The van der Waals surface area contributed by atoms with E-state index in [1.54, 1.807) is 21.3 Å². The maximum atomic E-state index is 13.2. The van der Waals surface area contributed by atoms with Gasteiger partial charge >= 0.3 is 6.03 Å². The molecule has 1 atom stereocenters. The number of amides is 3. The lowest BCUT2D eigenvalue weighted by atomic mass is 9.97. The lowest BCUT2D eigenvalue weighted by Crippen LogP contribution is -2.43. The molecule has 164 valence electrons. The van der Waals surface area contributed by atoms with Gasteiger partial charge in [0.05, 0.1) is 26.0 Å². The van der Waals surface area contributed by atoms with E-state index in [0.717, 1.165) is 22.6 Å². The van der Waals surface area contributed by atoms with Crippen LogP contribution in [0.2, 0.25) is 0 Å². The van der Waals surface area contributed by atoms with Gasteiger partial charge in [0.2, 0.25) is 0 Å². The van der Waals surface area contributed by atoms with E-state index in [2.05, 4.69) is 10.4 Å². The molecule has 1 unspecified atom stereocenters. The Morgan fingerprint density at radius 2 is 1.94 bits per heavy atom. The van der Waals surface area contributed by atoms with Crippen molar-refractivity contribution >= 4 is 17.6 Å². The molecule has 2 aromatic carbocycles. The highest BCUT2D eigenvalue weighted by molar-refractivity contribution is 6.03. The zero-order valence-electron chi connectivity index (χ0n) is 18.3. The van der Waals surface area contributed by atoms with Crippen LogP contribution in [0.1, 0.15) is 30.5 Å². The number of carbonyl (C=O) groups is 2. The van der Waals surface area contributed by atoms with Gasteiger partial charge in [-0.3, -0.25) is 4.79 Å². The molecular formula is C23H28N4O4.